The molecule has 1 aromatic heterocycles. The molecule has 0 aliphatic rings. The van der Waals surface area contributed by atoms with Crippen LogP contribution in [0.1, 0.15) is 22.2 Å². The van der Waals surface area contributed by atoms with Crippen LogP contribution in [0.3, 0.4) is 0 Å². The first-order valence-electron chi connectivity index (χ1n) is 7.37. The molecule has 0 saturated heterocycles. The molecule has 2 N–H and O–H groups in total. The van der Waals surface area contributed by atoms with E-state index in [2.05, 4.69) is 10.0 Å². The maximum absolute atomic E-state index is 12.2. The van der Waals surface area contributed by atoms with Gasteiger partial charge in [0.25, 0.3) is 5.91 Å². The first-order chi connectivity index (χ1) is 11.3. The highest BCUT2D eigenvalue weighted by atomic mass is 32.2. The first-order valence-corrected chi connectivity index (χ1v) is 8.85. The van der Waals surface area contributed by atoms with Gasteiger partial charge < -0.3 is 9.73 Å². The molecule has 7 nitrogen and oxygen atoms in total. The highest BCUT2D eigenvalue weighted by Gasteiger charge is 2.18. The smallest absolute Gasteiger partial charge is 0.251 e. The van der Waals surface area contributed by atoms with Crippen LogP contribution in [0.4, 0.5) is 0 Å². The van der Waals surface area contributed by atoms with Gasteiger partial charge in [-0.2, -0.15) is 0 Å². The molecule has 0 aliphatic heterocycles. The van der Waals surface area contributed by atoms with E-state index < -0.39 is 10.0 Å². The molecule has 1 amide bonds. The minimum Gasteiger partial charge on any atom is -0.468 e. The van der Waals surface area contributed by atoms with Crippen LogP contribution in [0.15, 0.2) is 52.0 Å². The minimum atomic E-state index is -3.51. The van der Waals surface area contributed by atoms with Crippen molar-refractivity contribution in [2.24, 2.45) is 0 Å². The Morgan fingerprint density at radius 2 is 1.88 bits per heavy atom. The van der Waals surface area contributed by atoms with Crippen molar-refractivity contribution >= 4 is 15.9 Å². The number of furan rings is 1. The lowest BCUT2D eigenvalue weighted by atomic mass is 10.2. The largest absolute Gasteiger partial charge is 0.468 e. The zero-order valence-electron chi connectivity index (χ0n) is 13.8. The van der Waals surface area contributed by atoms with E-state index in [1.807, 2.05) is 25.1 Å². The number of carbonyl (C=O) groups excluding carboxylic acids is 1. The van der Waals surface area contributed by atoms with Crippen LogP contribution >= 0.6 is 0 Å². The quantitative estimate of drug-likeness (QED) is 0.783. The Balaban J connectivity index is 2.04. The number of hydrogen-bond acceptors (Lipinski definition) is 5. The van der Waals surface area contributed by atoms with Crippen molar-refractivity contribution in [3.63, 3.8) is 0 Å². The van der Waals surface area contributed by atoms with Crippen LogP contribution in [0.25, 0.3) is 0 Å². The van der Waals surface area contributed by atoms with E-state index in [1.54, 1.807) is 12.3 Å². The summed E-state index contributed by atoms with van der Waals surface area (Å²) in [6.07, 6.45) is 1.59. The molecule has 0 bridgehead atoms. The van der Waals surface area contributed by atoms with Crippen LogP contribution < -0.4 is 10.0 Å². The van der Waals surface area contributed by atoms with E-state index in [0.717, 1.165) is 5.76 Å². The van der Waals surface area contributed by atoms with Crippen LogP contribution in [0.5, 0.6) is 0 Å². The third-order valence-corrected chi connectivity index (χ3v) is 5.08. The standard InChI is InChI=1S/C16H21N3O4S/c1-17-24(21,22)13-8-6-12(7-9-13)16(20)18-11-14(19(2)3)15-5-4-10-23-15/h4-10,14,17H,11H2,1-3H3,(H,18,20). The predicted molar refractivity (Wildman–Crippen MR) is 90.2 cm³/mol. The molecule has 1 unspecified atom stereocenters. The lowest BCUT2D eigenvalue weighted by Gasteiger charge is -2.22. The number of carbonyl (C=O) groups is 1. The van der Waals surface area contributed by atoms with Crippen LogP contribution in [-0.2, 0) is 10.0 Å². The van der Waals surface area contributed by atoms with Gasteiger partial charge in [-0.25, -0.2) is 13.1 Å². The Hall–Kier alpha value is -2.16. The summed E-state index contributed by atoms with van der Waals surface area (Å²) < 4.78 is 31.0. The molecule has 0 aliphatic carbocycles. The Morgan fingerprint density at radius 3 is 2.38 bits per heavy atom. The zero-order valence-corrected chi connectivity index (χ0v) is 14.6. The van der Waals surface area contributed by atoms with Gasteiger partial charge >= 0.3 is 0 Å². The molecule has 8 heteroatoms. The summed E-state index contributed by atoms with van der Waals surface area (Å²) in [6, 6.07) is 9.33. The first kappa shape index (κ1) is 18.2. The fraction of sp³-hybridized carbons (Fsp3) is 0.312. The van der Waals surface area contributed by atoms with Gasteiger partial charge in [-0.15, -0.1) is 0 Å². The summed E-state index contributed by atoms with van der Waals surface area (Å²) in [5.74, 6) is 0.484. The summed E-state index contributed by atoms with van der Waals surface area (Å²) in [5, 5.41) is 2.84. The molecule has 0 radical (unpaired) electrons. The molecule has 0 spiro atoms. The minimum absolute atomic E-state index is 0.0899. The van der Waals surface area contributed by atoms with Gasteiger partial charge in [0.05, 0.1) is 17.2 Å². The highest BCUT2D eigenvalue weighted by molar-refractivity contribution is 7.89. The van der Waals surface area contributed by atoms with Gasteiger partial charge in [-0.3, -0.25) is 9.69 Å². The van der Waals surface area contributed by atoms with Crippen molar-refractivity contribution in [2.45, 2.75) is 10.9 Å². The molecular weight excluding hydrogens is 330 g/mol. The van der Waals surface area contributed by atoms with Gasteiger partial charge in [0, 0.05) is 12.1 Å². The highest BCUT2D eigenvalue weighted by Crippen LogP contribution is 2.18. The number of likely N-dealkylation sites (N-methyl/N-ethyl adjacent to an activating group) is 1. The Morgan fingerprint density at radius 1 is 1.21 bits per heavy atom. The molecular formula is C16H21N3O4S. The maximum Gasteiger partial charge on any atom is 0.251 e. The number of hydrogen-bond donors (Lipinski definition) is 2. The zero-order chi connectivity index (χ0) is 17.7. The fourth-order valence-electron chi connectivity index (χ4n) is 2.21. The van der Waals surface area contributed by atoms with Gasteiger partial charge in [0.1, 0.15) is 5.76 Å². The monoisotopic (exact) mass is 351 g/mol. The number of amides is 1. The Labute approximate surface area is 141 Å². The molecule has 130 valence electrons. The third kappa shape index (κ3) is 4.22. The molecule has 1 heterocycles. The molecule has 0 saturated carbocycles. The number of nitrogens with zero attached hydrogens (tertiary/aromatic N) is 1. The van der Waals surface area contributed by atoms with E-state index in [4.69, 9.17) is 4.42 Å². The summed E-state index contributed by atoms with van der Waals surface area (Å²) in [6.45, 7) is 0.371. The lowest BCUT2D eigenvalue weighted by molar-refractivity contribution is 0.0939. The third-order valence-electron chi connectivity index (χ3n) is 3.65. The van der Waals surface area contributed by atoms with Crippen molar-refractivity contribution in [3.05, 3.63) is 54.0 Å². The normalized spacial score (nSPS) is 13.0. The summed E-state index contributed by atoms with van der Waals surface area (Å²) in [4.78, 5) is 14.3. The van der Waals surface area contributed by atoms with E-state index in [9.17, 15) is 13.2 Å². The summed E-state index contributed by atoms with van der Waals surface area (Å²) >= 11 is 0. The molecule has 2 rings (SSSR count). The molecule has 2 aromatic rings. The fourth-order valence-corrected chi connectivity index (χ4v) is 2.94. The number of rotatable bonds is 7. The van der Waals surface area contributed by atoms with Crippen molar-refractivity contribution in [1.82, 2.24) is 14.9 Å². The van der Waals surface area contributed by atoms with Crippen LogP contribution in [0, 0.1) is 0 Å². The van der Waals surface area contributed by atoms with Crippen molar-refractivity contribution in [1.29, 1.82) is 0 Å². The maximum atomic E-state index is 12.2. The Kier molecular flexibility index (Phi) is 5.76. The second-order valence-electron chi connectivity index (χ2n) is 5.44. The van der Waals surface area contributed by atoms with E-state index >= 15 is 0 Å². The van der Waals surface area contributed by atoms with E-state index in [0.29, 0.717) is 12.1 Å². The topological polar surface area (TPSA) is 91.6 Å². The second kappa shape index (κ2) is 7.61. The molecule has 1 atom stereocenters. The van der Waals surface area contributed by atoms with E-state index in [-0.39, 0.29) is 16.8 Å². The van der Waals surface area contributed by atoms with Gasteiger partial charge in [-0.1, -0.05) is 0 Å². The summed E-state index contributed by atoms with van der Waals surface area (Å²) in [7, 11) is 1.63. The molecule has 24 heavy (non-hydrogen) atoms. The molecule has 0 fully saturated rings. The van der Waals surface area contributed by atoms with Crippen LogP contribution in [-0.4, -0.2) is 46.9 Å². The predicted octanol–water partition coefficient (Wildman–Crippen LogP) is 1.22. The number of nitrogens with one attached hydrogen (secondary N) is 2. The van der Waals surface area contributed by atoms with Gasteiger partial charge in [-0.05, 0) is 57.5 Å². The molecule has 1 aromatic carbocycles. The van der Waals surface area contributed by atoms with Crippen LogP contribution in [0.2, 0.25) is 0 Å². The van der Waals surface area contributed by atoms with Crippen molar-refractivity contribution < 1.29 is 17.6 Å². The van der Waals surface area contributed by atoms with Gasteiger partial charge in [0.15, 0.2) is 0 Å². The average Bonchev–Trinajstić information content (AvgIpc) is 3.09. The van der Waals surface area contributed by atoms with Crippen molar-refractivity contribution in [2.75, 3.05) is 27.7 Å². The van der Waals surface area contributed by atoms with Crippen molar-refractivity contribution in [3.8, 4) is 0 Å². The van der Waals surface area contributed by atoms with E-state index in [1.165, 1.54) is 31.3 Å². The number of sulfonamides is 1. The number of benzene rings is 1. The second-order valence-corrected chi connectivity index (χ2v) is 7.32. The lowest BCUT2D eigenvalue weighted by Crippen LogP contribution is -2.34. The average molecular weight is 351 g/mol. The Bertz CT molecular complexity index is 768. The van der Waals surface area contributed by atoms with Gasteiger partial charge in [0.2, 0.25) is 10.0 Å². The summed E-state index contributed by atoms with van der Waals surface area (Å²) in [5.41, 5.74) is 0.391. The SMILES string of the molecule is CNS(=O)(=O)c1ccc(C(=O)NCC(c2ccco2)N(C)C)cc1.